The van der Waals surface area contributed by atoms with Crippen LogP contribution in [0.3, 0.4) is 0 Å². The van der Waals surface area contributed by atoms with E-state index in [1.807, 2.05) is 24.3 Å². The fourth-order valence-electron chi connectivity index (χ4n) is 2.50. The Labute approximate surface area is 157 Å². The highest BCUT2D eigenvalue weighted by atomic mass is 35.5. The number of rotatable bonds is 6. The quantitative estimate of drug-likeness (QED) is 0.623. The average molecular weight is 401 g/mol. The van der Waals surface area contributed by atoms with Crippen LogP contribution in [-0.4, -0.2) is 27.1 Å². The fourth-order valence-corrected chi connectivity index (χ4v) is 2.75. The van der Waals surface area contributed by atoms with Gasteiger partial charge in [0.1, 0.15) is 5.75 Å². The number of aromatic nitrogens is 4. The molecule has 0 amide bonds. The smallest absolute Gasteiger partial charge is 0.436 e. The Morgan fingerprint density at radius 1 is 1.15 bits per heavy atom. The molecule has 1 aromatic carbocycles. The first-order valence-corrected chi connectivity index (χ1v) is 8.40. The molecular formula is C17H16ClF3N4O2. The molecule has 0 spiro atoms. The molecule has 3 aromatic rings. The van der Waals surface area contributed by atoms with Gasteiger partial charge in [0.15, 0.2) is 5.69 Å². The largest absolute Gasteiger partial charge is 0.497 e. The Hall–Kier alpha value is -2.55. The Morgan fingerprint density at radius 2 is 1.81 bits per heavy atom. The fraction of sp³-hybridized carbons (Fsp3) is 0.353. The van der Waals surface area contributed by atoms with Crippen molar-refractivity contribution >= 4 is 11.6 Å². The van der Waals surface area contributed by atoms with Gasteiger partial charge in [-0.1, -0.05) is 23.7 Å². The molecule has 0 saturated heterocycles. The van der Waals surface area contributed by atoms with Gasteiger partial charge < -0.3 is 9.15 Å². The minimum absolute atomic E-state index is 0.145. The van der Waals surface area contributed by atoms with E-state index in [0.717, 1.165) is 11.3 Å². The molecule has 144 valence electrons. The van der Waals surface area contributed by atoms with Crippen molar-refractivity contribution in [3.05, 3.63) is 58.0 Å². The van der Waals surface area contributed by atoms with Gasteiger partial charge in [-0.05, 0) is 24.6 Å². The van der Waals surface area contributed by atoms with E-state index >= 15 is 0 Å². The highest BCUT2D eigenvalue weighted by molar-refractivity contribution is 6.31. The topological polar surface area (TPSA) is 66.0 Å². The van der Waals surface area contributed by atoms with Crippen LogP contribution in [0, 0.1) is 6.92 Å². The number of ether oxygens (including phenoxy) is 1. The van der Waals surface area contributed by atoms with Crippen molar-refractivity contribution in [3.8, 4) is 5.75 Å². The molecule has 10 heteroatoms. The standard InChI is InChI=1S/C17H16ClF3N4O2/c1-10-15(18)16(17(19,20)21)24-25(10)8-7-13-22-23-14(27-13)9-11-3-5-12(26-2)6-4-11/h3-6H,7-9H2,1-2H3. The normalized spacial score (nSPS) is 11.8. The molecule has 0 radical (unpaired) electrons. The second-order valence-corrected chi connectivity index (χ2v) is 6.21. The highest BCUT2D eigenvalue weighted by Gasteiger charge is 2.38. The number of alkyl halides is 3. The van der Waals surface area contributed by atoms with Gasteiger partial charge in [-0.15, -0.1) is 10.2 Å². The lowest BCUT2D eigenvalue weighted by Crippen LogP contribution is -2.10. The van der Waals surface area contributed by atoms with Crippen LogP contribution in [0.1, 0.15) is 28.7 Å². The van der Waals surface area contributed by atoms with E-state index < -0.39 is 16.9 Å². The lowest BCUT2D eigenvalue weighted by molar-refractivity contribution is -0.141. The van der Waals surface area contributed by atoms with Crippen LogP contribution in [-0.2, 0) is 25.6 Å². The van der Waals surface area contributed by atoms with Gasteiger partial charge in [0, 0.05) is 13.0 Å². The third kappa shape index (κ3) is 4.41. The molecule has 0 fully saturated rings. The van der Waals surface area contributed by atoms with Crippen LogP contribution >= 0.6 is 11.6 Å². The van der Waals surface area contributed by atoms with Crippen molar-refractivity contribution in [3.63, 3.8) is 0 Å². The molecule has 0 atom stereocenters. The van der Waals surface area contributed by atoms with Crippen LogP contribution in [0.2, 0.25) is 5.02 Å². The third-order valence-corrected chi connectivity index (χ3v) is 4.42. The molecule has 0 aliphatic heterocycles. The zero-order valence-corrected chi connectivity index (χ0v) is 15.3. The van der Waals surface area contributed by atoms with Gasteiger partial charge in [-0.25, -0.2) is 0 Å². The van der Waals surface area contributed by atoms with Crippen molar-refractivity contribution < 1.29 is 22.3 Å². The summed E-state index contributed by atoms with van der Waals surface area (Å²) in [5.74, 6) is 1.48. The minimum Gasteiger partial charge on any atom is -0.497 e. The maximum absolute atomic E-state index is 12.9. The summed E-state index contributed by atoms with van der Waals surface area (Å²) in [6.45, 7) is 1.62. The number of nitrogens with zero attached hydrogens (tertiary/aromatic N) is 4. The molecule has 27 heavy (non-hydrogen) atoms. The van der Waals surface area contributed by atoms with Crippen molar-refractivity contribution in [1.82, 2.24) is 20.0 Å². The maximum Gasteiger partial charge on any atom is 0.436 e. The summed E-state index contributed by atoms with van der Waals surface area (Å²) in [5.41, 5.74) is 0.116. The highest BCUT2D eigenvalue weighted by Crippen LogP contribution is 2.35. The molecule has 0 bridgehead atoms. The first-order chi connectivity index (χ1) is 12.8. The van der Waals surface area contributed by atoms with Crippen LogP contribution in [0.25, 0.3) is 0 Å². The van der Waals surface area contributed by atoms with Gasteiger partial charge in [0.05, 0.1) is 24.2 Å². The van der Waals surface area contributed by atoms with Gasteiger partial charge in [-0.2, -0.15) is 18.3 Å². The molecule has 0 N–H and O–H groups in total. The van der Waals surface area contributed by atoms with Gasteiger partial charge in [0.25, 0.3) is 0 Å². The Balaban J connectivity index is 1.64. The number of benzene rings is 1. The molecule has 0 aliphatic carbocycles. The SMILES string of the molecule is COc1ccc(Cc2nnc(CCn3nc(C(F)(F)F)c(Cl)c3C)o2)cc1. The molecule has 0 unspecified atom stereocenters. The number of halogens is 4. The summed E-state index contributed by atoms with van der Waals surface area (Å²) < 4.78 is 50.4. The second kappa shape index (κ2) is 7.59. The van der Waals surface area contributed by atoms with Crippen LogP contribution < -0.4 is 4.74 Å². The van der Waals surface area contributed by atoms with Gasteiger partial charge in [0.2, 0.25) is 11.8 Å². The number of aryl methyl sites for hydroxylation is 2. The predicted molar refractivity (Wildman–Crippen MR) is 90.8 cm³/mol. The summed E-state index contributed by atoms with van der Waals surface area (Å²) >= 11 is 5.73. The Morgan fingerprint density at radius 3 is 2.41 bits per heavy atom. The van der Waals surface area contributed by atoms with E-state index in [0.29, 0.717) is 18.2 Å². The summed E-state index contributed by atoms with van der Waals surface area (Å²) in [7, 11) is 1.59. The van der Waals surface area contributed by atoms with E-state index in [1.165, 1.54) is 11.6 Å². The summed E-state index contributed by atoms with van der Waals surface area (Å²) in [5, 5.41) is 11.0. The molecular weight excluding hydrogens is 385 g/mol. The lowest BCUT2D eigenvalue weighted by atomic mass is 10.1. The van der Waals surface area contributed by atoms with Crippen LogP contribution in [0.5, 0.6) is 5.75 Å². The van der Waals surface area contributed by atoms with Crippen molar-refractivity contribution in [2.24, 2.45) is 0 Å². The third-order valence-electron chi connectivity index (χ3n) is 3.96. The molecule has 3 rings (SSSR count). The first kappa shape index (κ1) is 19.2. The molecule has 2 aromatic heterocycles. The predicted octanol–water partition coefficient (Wildman–Crippen LogP) is 4.09. The van der Waals surface area contributed by atoms with Gasteiger partial charge in [-0.3, -0.25) is 4.68 Å². The lowest BCUT2D eigenvalue weighted by Gasteiger charge is -2.02. The molecule has 2 heterocycles. The van der Waals surface area contributed by atoms with Crippen molar-refractivity contribution in [2.45, 2.75) is 32.5 Å². The van der Waals surface area contributed by atoms with E-state index in [4.69, 9.17) is 20.8 Å². The minimum atomic E-state index is -4.59. The monoisotopic (exact) mass is 400 g/mol. The molecule has 0 aliphatic rings. The summed E-state index contributed by atoms with van der Waals surface area (Å²) in [4.78, 5) is 0. The van der Waals surface area contributed by atoms with Crippen LogP contribution in [0.15, 0.2) is 28.7 Å². The Kier molecular flexibility index (Phi) is 5.41. The Bertz CT molecular complexity index is 919. The molecule has 6 nitrogen and oxygen atoms in total. The van der Waals surface area contributed by atoms with E-state index in [2.05, 4.69) is 15.3 Å². The number of hydrogen-bond donors (Lipinski definition) is 0. The van der Waals surface area contributed by atoms with Crippen molar-refractivity contribution in [2.75, 3.05) is 7.11 Å². The maximum atomic E-state index is 12.9. The number of methoxy groups -OCH3 is 1. The zero-order valence-electron chi connectivity index (χ0n) is 14.5. The first-order valence-electron chi connectivity index (χ1n) is 8.02. The molecule has 0 saturated carbocycles. The summed E-state index contributed by atoms with van der Waals surface area (Å²) in [6.07, 6.45) is -3.91. The summed E-state index contributed by atoms with van der Waals surface area (Å²) in [6, 6.07) is 7.43. The zero-order chi connectivity index (χ0) is 19.6. The van der Waals surface area contributed by atoms with Gasteiger partial charge >= 0.3 is 6.18 Å². The van der Waals surface area contributed by atoms with Crippen LogP contribution in [0.4, 0.5) is 13.2 Å². The van der Waals surface area contributed by atoms with E-state index in [-0.39, 0.29) is 18.7 Å². The van der Waals surface area contributed by atoms with Crippen molar-refractivity contribution in [1.29, 1.82) is 0 Å². The second-order valence-electron chi connectivity index (χ2n) is 5.83. The van der Waals surface area contributed by atoms with E-state index in [9.17, 15) is 13.2 Å². The number of hydrogen-bond acceptors (Lipinski definition) is 5. The van der Waals surface area contributed by atoms with E-state index in [1.54, 1.807) is 7.11 Å². The average Bonchev–Trinajstić information content (AvgIpc) is 3.19.